The molecule has 5 nitrogen and oxygen atoms in total. The molecule has 2 rings (SSSR count). The van der Waals surface area contributed by atoms with Gasteiger partial charge in [-0.05, 0) is 53.5 Å². The third kappa shape index (κ3) is 8.20. The predicted molar refractivity (Wildman–Crippen MR) is 128 cm³/mol. The van der Waals surface area contributed by atoms with Crippen LogP contribution in [0.15, 0.2) is 48.5 Å². The Labute approximate surface area is 189 Å². The third-order valence-corrected chi connectivity index (χ3v) is 6.97. The summed E-state index contributed by atoms with van der Waals surface area (Å²) in [7, 11) is -3.56. The molecule has 0 aliphatic carbocycles. The van der Waals surface area contributed by atoms with Crippen molar-refractivity contribution in [3.63, 3.8) is 0 Å². The molecular formula is C22H29ClN2O3S2. The summed E-state index contributed by atoms with van der Waals surface area (Å²) >= 11 is 7.75. The minimum Gasteiger partial charge on any atom is -0.354 e. The number of halogens is 1. The van der Waals surface area contributed by atoms with Crippen LogP contribution in [0.4, 0.5) is 5.69 Å². The van der Waals surface area contributed by atoms with Gasteiger partial charge in [-0.2, -0.15) is 11.8 Å². The normalized spacial score (nSPS) is 11.5. The Hall–Kier alpha value is -1.70. The molecule has 0 unspecified atom stereocenters. The van der Waals surface area contributed by atoms with Gasteiger partial charge in [0.1, 0.15) is 6.54 Å². The zero-order valence-electron chi connectivity index (χ0n) is 17.6. The number of benzene rings is 2. The number of rotatable bonds is 11. The van der Waals surface area contributed by atoms with Crippen LogP contribution in [-0.4, -0.2) is 39.4 Å². The van der Waals surface area contributed by atoms with E-state index in [0.29, 0.717) is 18.2 Å². The van der Waals surface area contributed by atoms with Crippen LogP contribution in [0.1, 0.15) is 37.3 Å². The summed E-state index contributed by atoms with van der Waals surface area (Å²) in [5, 5.41) is 3.54. The highest BCUT2D eigenvalue weighted by molar-refractivity contribution is 7.98. The van der Waals surface area contributed by atoms with Gasteiger partial charge in [-0.25, -0.2) is 8.42 Å². The second kappa shape index (κ2) is 11.6. The third-order valence-electron chi connectivity index (χ3n) is 4.48. The van der Waals surface area contributed by atoms with E-state index < -0.39 is 10.0 Å². The summed E-state index contributed by atoms with van der Waals surface area (Å²) in [5.41, 5.74) is 2.78. The van der Waals surface area contributed by atoms with Gasteiger partial charge in [-0.15, -0.1) is 0 Å². The number of carbonyl (C=O) groups is 1. The lowest BCUT2D eigenvalue weighted by atomic mass is 10.0. The monoisotopic (exact) mass is 468 g/mol. The average molecular weight is 469 g/mol. The number of thioether (sulfide) groups is 1. The predicted octanol–water partition coefficient (Wildman–Crippen LogP) is 4.67. The summed E-state index contributed by atoms with van der Waals surface area (Å²) in [6, 6.07) is 15.1. The fraction of sp³-hybridized carbons (Fsp3) is 0.409. The molecule has 0 aromatic heterocycles. The van der Waals surface area contributed by atoms with Gasteiger partial charge in [-0.3, -0.25) is 9.10 Å². The van der Waals surface area contributed by atoms with E-state index in [1.807, 2.05) is 36.4 Å². The quantitative estimate of drug-likeness (QED) is 0.486. The molecule has 0 bridgehead atoms. The van der Waals surface area contributed by atoms with Crippen molar-refractivity contribution in [2.45, 2.75) is 31.9 Å². The second-order valence-corrected chi connectivity index (χ2v) is 10.9. The lowest BCUT2D eigenvalue weighted by Crippen LogP contribution is -2.40. The van der Waals surface area contributed by atoms with Crippen molar-refractivity contribution in [1.82, 2.24) is 5.32 Å². The van der Waals surface area contributed by atoms with E-state index in [4.69, 9.17) is 11.6 Å². The molecule has 0 fully saturated rings. The minimum absolute atomic E-state index is 0.227. The Bertz CT molecular complexity index is 932. The first-order chi connectivity index (χ1) is 14.2. The van der Waals surface area contributed by atoms with E-state index in [-0.39, 0.29) is 12.5 Å². The molecule has 2 aromatic carbocycles. The molecule has 1 amide bonds. The first-order valence-corrected chi connectivity index (χ1v) is 13.2. The van der Waals surface area contributed by atoms with Crippen molar-refractivity contribution in [3.05, 3.63) is 64.7 Å². The van der Waals surface area contributed by atoms with Crippen LogP contribution in [-0.2, 0) is 20.6 Å². The summed E-state index contributed by atoms with van der Waals surface area (Å²) < 4.78 is 25.5. The molecule has 2 aromatic rings. The summed E-state index contributed by atoms with van der Waals surface area (Å²) in [5.74, 6) is 1.79. The minimum atomic E-state index is -3.56. The first-order valence-electron chi connectivity index (χ1n) is 9.83. The molecule has 0 aliphatic rings. The lowest BCUT2D eigenvalue weighted by Gasteiger charge is -2.22. The Balaban J connectivity index is 1.79. The maximum Gasteiger partial charge on any atom is 0.240 e. The highest BCUT2D eigenvalue weighted by Crippen LogP contribution is 2.22. The SMILES string of the molecule is CC(C)c1ccc(N(CC(=O)NCCCSCc2cccc(Cl)c2)S(C)(=O)=O)cc1. The van der Waals surface area contributed by atoms with E-state index in [2.05, 4.69) is 19.2 Å². The standard InChI is InChI=1S/C22H29ClN2O3S2/c1-17(2)19-8-10-21(11-9-19)25(30(3,27)28)15-22(26)24-12-5-13-29-16-18-6-4-7-20(23)14-18/h4,6-11,14,17H,5,12-13,15-16H2,1-3H3,(H,24,26). The molecule has 0 atom stereocenters. The van der Waals surface area contributed by atoms with Crippen LogP contribution in [0, 0.1) is 0 Å². The van der Waals surface area contributed by atoms with Crippen molar-refractivity contribution in [3.8, 4) is 0 Å². The number of hydrogen-bond donors (Lipinski definition) is 1. The van der Waals surface area contributed by atoms with Crippen molar-refractivity contribution in [2.24, 2.45) is 0 Å². The maximum absolute atomic E-state index is 12.3. The molecule has 8 heteroatoms. The number of anilines is 1. The molecule has 0 aliphatic heterocycles. The van der Waals surface area contributed by atoms with Crippen LogP contribution >= 0.6 is 23.4 Å². The van der Waals surface area contributed by atoms with Gasteiger partial charge >= 0.3 is 0 Å². The van der Waals surface area contributed by atoms with Gasteiger partial charge in [0.25, 0.3) is 0 Å². The van der Waals surface area contributed by atoms with E-state index in [1.165, 1.54) is 5.56 Å². The van der Waals surface area contributed by atoms with Crippen molar-refractivity contribution < 1.29 is 13.2 Å². The highest BCUT2D eigenvalue weighted by atomic mass is 35.5. The first kappa shape index (κ1) is 24.6. The fourth-order valence-corrected chi connectivity index (χ4v) is 4.81. The van der Waals surface area contributed by atoms with Crippen LogP contribution in [0.2, 0.25) is 5.02 Å². The Morgan fingerprint density at radius 1 is 1.17 bits per heavy atom. The summed E-state index contributed by atoms with van der Waals surface area (Å²) in [4.78, 5) is 12.3. The number of carbonyl (C=O) groups excluding carboxylic acids is 1. The van der Waals surface area contributed by atoms with Crippen LogP contribution in [0.3, 0.4) is 0 Å². The van der Waals surface area contributed by atoms with Gasteiger partial charge in [-0.1, -0.05) is 49.7 Å². The topological polar surface area (TPSA) is 66.5 Å². The van der Waals surface area contributed by atoms with E-state index >= 15 is 0 Å². The van der Waals surface area contributed by atoms with Gasteiger partial charge < -0.3 is 5.32 Å². The number of nitrogens with zero attached hydrogens (tertiary/aromatic N) is 1. The van der Waals surface area contributed by atoms with Crippen molar-refractivity contribution >= 4 is 45.0 Å². The molecule has 0 radical (unpaired) electrons. The molecule has 0 spiro atoms. The molecule has 0 saturated carbocycles. The molecule has 0 heterocycles. The summed E-state index contributed by atoms with van der Waals surface area (Å²) in [6.07, 6.45) is 1.92. The molecule has 0 saturated heterocycles. The Kier molecular flexibility index (Phi) is 9.52. The van der Waals surface area contributed by atoms with Crippen LogP contribution < -0.4 is 9.62 Å². The molecule has 164 valence electrons. The van der Waals surface area contributed by atoms with Gasteiger partial charge in [0.05, 0.1) is 11.9 Å². The highest BCUT2D eigenvalue weighted by Gasteiger charge is 2.20. The fourth-order valence-electron chi connectivity index (χ4n) is 2.83. The zero-order chi connectivity index (χ0) is 22.1. The van der Waals surface area contributed by atoms with E-state index in [9.17, 15) is 13.2 Å². The number of nitrogens with one attached hydrogen (secondary N) is 1. The van der Waals surface area contributed by atoms with Crippen LogP contribution in [0.25, 0.3) is 0 Å². The van der Waals surface area contributed by atoms with E-state index in [0.717, 1.165) is 39.1 Å². The summed E-state index contributed by atoms with van der Waals surface area (Å²) in [6.45, 7) is 4.43. The maximum atomic E-state index is 12.3. The lowest BCUT2D eigenvalue weighted by molar-refractivity contribution is -0.119. The Morgan fingerprint density at radius 3 is 2.47 bits per heavy atom. The second-order valence-electron chi connectivity index (χ2n) is 7.40. The number of hydrogen-bond acceptors (Lipinski definition) is 4. The van der Waals surface area contributed by atoms with Crippen molar-refractivity contribution in [1.29, 1.82) is 0 Å². The van der Waals surface area contributed by atoms with Gasteiger partial charge in [0.15, 0.2) is 0 Å². The molecular weight excluding hydrogens is 440 g/mol. The molecule has 30 heavy (non-hydrogen) atoms. The van der Waals surface area contributed by atoms with E-state index in [1.54, 1.807) is 23.9 Å². The molecule has 1 N–H and O–H groups in total. The number of amides is 1. The smallest absolute Gasteiger partial charge is 0.240 e. The number of sulfonamides is 1. The largest absolute Gasteiger partial charge is 0.354 e. The van der Waals surface area contributed by atoms with Gasteiger partial charge in [0, 0.05) is 17.3 Å². The Morgan fingerprint density at radius 2 is 1.87 bits per heavy atom. The van der Waals surface area contributed by atoms with Gasteiger partial charge in [0.2, 0.25) is 15.9 Å². The average Bonchev–Trinajstić information content (AvgIpc) is 2.68. The van der Waals surface area contributed by atoms with Crippen LogP contribution in [0.5, 0.6) is 0 Å². The zero-order valence-corrected chi connectivity index (χ0v) is 20.0. The van der Waals surface area contributed by atoms with Crippen molar-refractivity contribution in [2.75, 3.05) is 29.4 Å².